The minimum Gasteiger partial charge on any atom is -0.467 e. The highest BCUT2D eigenvalue weighted by molar-refractivity contribution is 5.79. The van der Waals surface area contributed by atoms with Crippen LogP contribution < -0.4 is 10.6 Å². The van der Waals surface area contributed by atoms with Crippen LogP contribution in [0.3, 0.4) is 0 Å². The zero-order valence-corrected chi connectivity index (χ0v) is 12.4. The maximum atomic E-state index is 11.8. The third-order valence-corrected chi connectivity index (χ3v) is 2.69. The van der Waals surface area contributed by atoms with Gasteiger partial charge in [0.2, 0.25) is 11.8 Å². The molecule has 1 heterocycles. The molecule has 0 saturated carbocycles. The second-order valence-corrected chi connectivity index (χ2v) is 4.78. The van der Waals surface area contributed by atoms with Gasteiger partial charge in [-0.15, -0.1) is 0 Å². The number of anilines is 2. The lowest BCUT2D eigenvalue weighted by molar-refractivity contribution is -0.384. The lowest BCUT2D eigenvalue weighted by atomic mass is 10.0. The molecule has 21 heavy (non-hydrogen) atoms. The van der Waals surface area contributed by atoms with Crippen molar-refractivity contribution in [2.75, 3.05) is 24.8 Å². The number of nitrogens with one attached hydrogen (secondary N) is 2. The summed E-state index contributed by atoms with van der Waals surface area (Å²) < 4.78 is 4.71. The minimum atomic E-state index is -0.715. The normalized spacial score (nSPS) is 11.9. The van der Waals surface area contributed by atoms with Crippen LogP contribution in [0.5, 0.6) is 0 Å². The predicted molar refractivity (Wildman–Crippen MR) is 77.1 cm³/mol. The van der Waals surface area contributed by atoms with Crippen molar-refractivity contribution in [2.24, 2.45) is 5.92 Å². The van der Waals surface area contributed by atoms with E-state index in [9.17, 15) is 14.9 Å². The molecule has 9 nitrogen and oxygen atoms in total. The molecule has 1 atom stereocenters. The summed E-state index contributed by atoms with van der Waals surface area (Å²) in [5, 5.41) is 16.5. The van der Waals surface area contributed by atoms with E-state index in [1.165, 1.54) is 7.11 Å². The van der Waals surface area contributed by atoms with Gasteiger partial charge < -0.3 is 15.4 Å². The van der Waals surface area contributed by atoms with Gasteiger partial charge >= 0.3 is 11.7 Å². The van der Waals surface area contributed by atoms with Crippen molar-refractivity contribution in [3.63, 3.8) is 0 Å². The number of rotatable bonds is 7. The Balaban J connectivity index is 3.11. The summed E-state index contributed by atoms with van der Waals surface area (Å²) in [5.74, 6) is -0.0967. The van der Waals surface area contributed by atoms with Gasteiger partial charge in [-0.3, -0.25) is 10.1 Å². The average molecular weight is 297 g/mol. The number of carbonyl (C=O) groups excluding carboxylic acids is 1. The molecule has 0 aliphatic carbocycles. The lowest BCUT2D eigenvalue weighted by Crippen LogP contribution is -2.32. The number of carbonyl (C=O) groups is 1. The van der Waals surface area contributed by atoms with Crippen LogP contribution in [0.25, 0.3) is 0 Å². The van der Waals surface area contributed by atoms with Gasteiger partial charge in [0.15, 0.2) is 0 Å². The molecule has 2 N–H and O–H groups in total. The Bertz CT molecular complexity index is 520. The molecule has 116 valence electrons. The number of hydrogen-bond acceptors (Lipinski definition) is 8. The minimum absolute atomic E-state index is 0.0181. The maximum absolute atomic E-state index is 11.8. The van der Waals surface area contributed by atoms with Gasteiger partial charge in [-0.25, -0.2) is 9.78 Å². The molecule has 0 fully saturated rings. The van der Waals surface area contributed by atoms with E-state index in [1.54, 1.807) is 7.05 Å². The highest BCUT2D eigenvalue weighted by atomic mass is 16.6. The molecular weight excluding hydrogens is 278 g/mol. The number of nitro groups is 1. The summed E-state index contributed by atoms with van der Waals surface area (Å²) in [5.41, 5.74) is -0.299. The van der Waals surface area contributed by atoms with E-state index in [-0.39, 0.29) is 23.4 Å². The van der Waals surface area contributed by atoms with Crippen LogP contribution in [0.4, 0.5) is 17.5 Å². The fraction of sp³-hybridized carbons (Fsp3) is 0.583. The first-order chi connectivity index (χ1) is 9.88. The summed E-state index contributed by atoms with van der Waals surface area (Å²) in [6.07, 6.45) is 1.55. The second kappa shape index (κ2) is 7.36. The van der Waals surface area contributed by atoms with Gasteiger partial charge in [-0.2, -0.15) is 4.98 Å². The third-order valence-electron chi connectivity index (χ3n) is 2.69. The third kappa shape index (κ3) is 4.55. The monoisotopic (exact) mass is 297 g/mol. The number of nitrogens with zero attached hydrogens (tertiary/aromatic N) is 3. The Morgan fingerprint density at radius 3 is 2.67 bits per heavy atom. The van der Waals surface area contributed by atoms with E-state index in [0.717, 1.165) is 6.20 Å². The number of methoxy groups -OCH3 is 1. The molecule has 1 rings (SSSR count). The molecule has 0 aliphatic heterocycles. The topological polar surface area (TPSA) is 119 Å². The van der Waals surface area contributed by atoms with E-state index >= 15 is 0 Å². The summed E-state index contributed by atoms with van der Waals surface area (Å²) in [6.45, 7) is 3.87. The van der Waals surface area contributed by atoms with Gasteiger partial charge in [-0.1, -0.05) is 13.8 Å². The standard InChI is InChI=1S/C12H19N5O4/c1-7(2)5-8(11(18)21-4)15-10-9(17(19)20)6-14-12(13-3)16-10/h6-8H,5H2,1-4H3,(H2,13,14,15,16). The molecule has 1 aromatic heterocycles. The first kappa shape index (κ1) is 16.6. The SMILES string of the molecule is CNc1ncc([N+](=O)[O-])c(NC(CC(C)C)C(=O)OC)n1. The number of esters is 1. The van der Waals surface area contributed by atoms with E-state index < -0.39 is 16.9 Å². The van der Waals surface area contributed by atoms with E-state index in [0.29, 0.717) is 6.42 Å². The molecule has 0 aliphatic rings. The first-order valence-corrected chi connectivity index (χ1v) is 6.42. The molecule has 1 aromatic rings. The summed E-state index contributed by atoms with van der Waals surface area (Å²) in [4.78, 5) is 30.0. The molecule has 0 radical (unpaired) electrons. The van der Waals surface area contributed by atoms with Crippen LogP contribution >= 0.6 is 0 Å². The fourth-order valence-corrected chi connectivity index (χ4v) is 1.73. The van der Waals surface area contributed by atoms with E-state index in [4.69, 9.17) is 4.74 Å². The maximum Gasteiger partial charge on any atom is 0.329 e. The molecule has 0 spiro atoms. The Labute approximate surface area is 122 Å². The molecule has 0 amide bonds. The molecular formula is C12H19N5O4. The van der Waals surface area contributed by atoms with Crippen LogP contribution in [0, 0.1) is 16.0 Å². The summed E-state index contributed by atoms with van der Waals surface area (Å²) >= 11 is 0. The largest absolute Gasteiger partial charge is 0.467 e. The van der Waals surface area contributed by atoms with Gasteiger partial charge in [-0.05, 0) is 12.3 Å². The molecule has 0 saturated heterocycles. The van der Waals surface area contributed by atoms with Crippen LogP contribution in [0.1, 0.15) is 20.3 Å². The smallest absolute Gasteiger partial charge is 0.329 e. The Morgan fingerprint density at radius 2 is 2.19 bits per heavy atom. The van der Waals surface area contributed by atoms with Gasteiger partial charge in [0.05, 0.1) is 12.0 Å². The Kier molecular flexibility index (Phi) is 5.82. The fourth-order valence-electron chi connectivity index (χ4n) is 1.73. The van der Waals surface area contributed by atoms with Gasteiger partial charge in [0, 0.05) is 7.05 Å². The zero-order valence-electron chi connectivity index (χ0n) is 12.4. The average Bonchev–Trinajstić information content (AvgIpc) is 2.44. The lowest BCUT2D eigenvalue weighted by Gasteiger charge is -2.18. The van der Waals surface area contributed by atoms with Gasteiger partial charge in [0.1, 0.15) is 12.2 Å². The van der Waals surface area contributed by atoms with Crippen molar-refractivity contribution < 1.29 is 14.5 Å². The van der Waals surface area contributed by atoms with E-state index in [1.807, 2.05) is 13.8 Å². The molecule has 0 aromatic carbocycles. The van der Waals surface area contributed by atoms with E-state index in [2.05, 4.69) is 20.6 Å². The Morgan fingerprint density at radius 1 is 1.52 bits per heavy atom. The van der Waals surface area contributed by atoms with Crippen LogP contribution in [0.15, 0.2) is 6.20 Å². The Hall–Kier alpha value is -2.45. The highest BCUT2D eigenvalue weighted by Gasteiger charge is 2.25. The number of hydrogen-bond donors (Lipinski definition) is 2. The van der Waals surface area contributed by atoms with Crippen molar-refractivity contribution in [1.29, 1.82) is 0 Å². The quantitative estimate of drug-likeness (QED) is 0.440. The van der Waals surface area contributed by atoms with Crippen LogP contribution in [0.2, 0.25) is 0 Å². The zero-order chi connectivity index (χ0) is 16.0. The number of ether oxygens (including phenoxy) is 1. The summed E-state index contributed by atoms with van der Waals surface area (Å²) in [6, 6.07) is -0.715. The summed E-state index contributed by atoms with van der Waals surface area (Å²) in [7, 11) is 2.86. The van der Waals surface area contributed by atoms with Crippen LogP contribution in [-0.2, 0) is 9.53 Å². The molecule has 1 unspecified atom stereocenters. The second-order valence-electron chi connectivity index (χ2n) is 4.78. The van der Waals surface area contributed by atoms with Crippen LogP contribution in [-0.4, -0.2) is 41.1 Å². The van der Waals surface area contributed by atoms with Crippen molar-refractivity contribution in [3.8, 4) is 0 Å². The molecule has 9 heteroatoms. The van der Waals surface area contributed by atoms with Crippen molar-refractivity contribution >= 4 is 23.4 Å². The predicted octanol–water partition coefficient (Wildman–Crippen LogP) is 1.43. The first-order valence-electron chi connectivity index (χ1n) is 6.42. The highest BCUT2D eigenvalue weighted by Crippen LogP contribution is 2.24. The molecule has 0 bridgehead atoms. The van der Waals surface area contributed by atoms with Gasteiger partial charge in [0.25, 0.3) is 0 Å². The van der Waals surface area contributed by atoms with Crippen molar-refractivity contribution in [1.82, 2.24) is 9.97 Å². The van der Waals surface area contributed by atoms with Crippen molar-refractivity contribution in [3.05, 3.63) is 16.3 Å². The number of aromatic nitrogens is 2. The van der Waals surface area contributed by atoms with Crippen molar-refractivity contribution in [2.45, 2.75) is 26.3 Å².